The van der Waals surface area contributed by atoms with E-state index < -0.39 is 11.6 Å². The molecule has 170 valence electrons. The van der Waals surface area contributed by atoms with Crippen LogP contribution in [0.3, 0.4) is 0 Å². The van der Waals surface area contributed by atoms with Gasteiger partial charge in [-0.15, -0.1) is 0 Å². The highest BCUT2D eigenvalue weighted by molar-refractivity contribution is 5.33. The summed E-state index contributed by atoms with van der Waals surface area (Å²) in [4.78, 5) is 0. The fourth-order valence-corrected chi connectivity index (χ4v) is 6.84. The molecular formula is C28H38F2O. The van der Waals surface area contributed by atoms with Crippen molar-refractivity contribution in [2.75, 3.05) is 6.61 Å². The zero-order chi connectivity index (χ0) is 21.8. The third-order valence-corrected chi connectivity index (χ3v) is 8.47. The third-order valence-electron chi connectivity index (χ3n) is 8.47. The SMILES string of the molecule is C=CCOc1ccc(C2CCC3CC(C4CCC(/C=C/C)CC4)CCC3C2)c(F)c1F. The van der Waals surface area contributed by atoms with Crippen LogP contribution in [0, 0.1) is 41.2 Å². The van der Waals surface area contributed by atoms with Gasteiger partial charge < -0.3 is 4.74 Å². The summed E-state index contributed by atoms with van der Waals surface area (Å²) in [6.07, 6.45) is 18.8. The Hall–Kier alpha value is -1.64. The summed E-state index contributed by atoms with van der Waals surface area (Å²) in [5.74, 6) is 2.62. The molecule has 1 nitrogen and oxygen atoms in total. The van der Waals surface area contributed by atoms with E-state index in [0.717, 1.165) is 42.9 Å². The Morgan fingerprint density at radius 3 is 2.23 bits per heavy atom. The van der Waals surface area contributed by atoms with E-state index in [2.05, 4.69) is 25.7 Å². The first-order chi connectivity index (χ1) is 15.1. The maximum absolute atomic E-state index is 14.8. The van der Waals surface area contributed by atoms with Crippen LogP contribution >= 0.6 is 0 Å². The van der Waals surface area contributed by atoms with Gasteiger partial charge in [0.15, 0.2) is 11.6 Å². The van der Waals surface area contributed by atoms with Gasteiger partial charge in [0, 0.05) is 0 Å². The molecule has 31 heavy (non-hydrogen) atoms. The largest absolute Gasteiger partial charge is 0.486 e. The molecule has 1 aromatic rings. The van der Waals surface area contributed by atoms with Gasteiger partial charge in [-0.25, -0.2) is 4.39 Å². The molecular weight excluding hydrogens is 390 g/mol. The number of ether oxygens (including phenoxy) is 1. The van der Waals surface area contributed by atoms with Crippen LogP contribution in [0.15, 0.2) is 36.9 Å². The second-order valence-corrected chi connectivity index (χ2v) is 10.2. The van der Waals surface area contributed by atoms with E-state index in [-0.39, 0.29) is 18.3 Å². The van der Waals surface area contributed by atoms with Gasteiger partial charge in [0.25, 0.3) is 0 Å². The highest BCUT2D eigenvalue weighted by Gasteiger charge is 2.39. The van der Waals surface area contributed by atoms with Crippen LogP contribution in [0.4, 0.5) is 8.78 Å². The minimum Gasteiger partial charge on any atom is -0.486 e. The van der Waals surface area contributed by atoms with E-state index in [1.165, 1.54) is 51.0 Å². The van der Waals surface area contributed by atoms with Gasteiger partial charge in [0.2, 0.25) is 5.82 Å². The smallest absolute Gasteiger partial charge is 0.200 e. The van der Waals surface area contributed by atoms with Crippen LogP contribution in [-0.2, 0) is 0 Å². The molecule has 0 aliphatic heterocycles. The quantitative estimate of drug-likeness (QED) is 0.415. The second kappa shape index (κ2) is 10.3. The summed E-state index contributed by atoms with van der Waals surface area (Å²) in [7, 11) is 0. The Labute approximate surface area is 187 Å². The topological polar surface area (TPSA) is 9.23 Å². The Morgan fingerprint density at radius 2 is 1.52 bits per heavy atom. The molecule has 3 fully saturated rings. The maximum atomic E-state index is 14.8. The molecule has 0 amide bonds. The first kappa shape index (κ1) is 22.6. The van der Waals surface area contributed by atoms with Crippen molar-refractivity contribution in [2.45, 2.75) is 77.0 Å². The van der Waals surface area contributed by atoms with Crippen molar-refractivity contribution in [1.82, 2.24) is 0 Å². The van der Waals surface area contributed by atoms with E-state index in [9.17, 15) is 8.78 Å². The average molecular weight is 429 g/mol. The zero-order valence-electron chi connectivity index (χ0n) is 19.0. The minimum absolute atomic E-state index is 0.0144. The van der Waals surface area contributed by atoms with Crippen molar-refractivity contribution in [2.24, 2.45) is 29.6 Å². The number of hydrogen-bond acceptors (Lipinski definition) is 1. The van der Waals surface area contributed by atoms with E-state index >= 15 is 0 Å². The standard InChI is InChI=1S/C28H38F2O/c1-3-5-19-6-8-20(9-7-19)21-10-11-23-18-24(13-12-22(23)17-21)25-14-15-26(31-16-4-2)28(30)27(25)29/h3-5,14-15,19-24H,2,6-13,16-18H2,1H3/b5-3+. The summed E-state index contributed by atoms with van der Waals surface area (Å²) in [5, 5.41) is 0. The molecule has 3 aliphatic carbocycles. The van der Waals surface area contributed by atoms with Crippen LogP contribution in [0.2, 0.25) is 0 Å². The third kappa shape index (κ3) is 5.07. The van der Waals surface area contributed by atoms with Crippen LogP contribution in [0.5, 0.6) is 5.75 Å². The molecule has 0 N–H and O–H groups in total. The van der Waals surface area contributed by atoms with Crippen LogP contribution in [-0.4, -0.2) is 6.61 Å². The molecule has 1 aromatic carbocycles. The van der Waals surface area contributed by atoms with Crippen molar-refractivity contribution in [3.8, 4) is 5.75 Å². The Balaban J connectivity index is 1.34. The minimum atomic E-state index is -0.848. The predicted molar refractivity (Wildman–Crippen MR) is 123 cm³/mol. The highest BCUT2D eigenvalue weighted by Crippen LogP contribution is 2.51. The second-order valence-electron chi connectivity index (χ2n) is 10.2. The first-order valence-electron chi connectivity index (χ1n) is 12.4. The first-order valence-corrected chi connectivity index (χ1v) is 12.4. The van der Waals surface area contributed by atoms with Gasteiger partial charge in [0.05, 0.1) is 0 Å². The van der Waals surface area contributed by atoms with Crippen molar-refractivity contribution in [3.63, 3.8) is 0 Å². The number of allylic oxidation sites excluding steroid dienone is 2. The fraction of sp³-hybridized carbons (Fsp3) is 0.643. The molecule has 3 aliphatic rings. The number of benzene rings is 1. The zero-order valence-corrected chi connectivity index (χ0v) is 19.0. The molecule has 4 unspecified atom stereocenters. The van der Waals surface area contributed by atoms with Crippen LogP contribution < -0.4 is 4.74 Å². The highest BCUT2D eigenvalue weighted by atomic mass is 19.2. The van der Waals surface area contributed by atoms with Gasteiger partial charge in [-0.1, -0.05) is 30.9 Å². The summed E-state index contributed by atoms with van der Waals surface area (Å²) in [5.41, 5.74) is 0.548. The normalized spacial score (nSPS) is 33.8. The number of halogens is 2. The van der Waals surface area contributed by atoms with E-state index in [0.29, 0.717) is 11.5 Å². The molecule has 0 radical (unpaired) electrons. The lowest BCUT2D eigenvalue weighted by atomic mass is 9.60. The van der Waals surface area contributed by atoms with Crippen LogP contribution in [0.25, 0.3) is 0 Å². The lowest BCUT2D eigenvalue weighted by Gasteiger charge is -2.45. The summed E-state index contributed by atoms with van der Waals surface area (Å²) < 4.78 is 34.5. The molecule has 0 saturated heterocycles. The average Bonchev–Trinajstić information content (AvgIpc) is 2.80. The lowest BCUT2D eigenvalue weighted by Crippen LogP contribution is -2.34. The molecule has 3 saturated carbocycles. The fourth-order valence-electron chi connectivity index (χ4n) is 6.84. The van der Waals surface area contributed by atoms with E-state index in [1.54, 1.807) is 12.1 Å². The van der Waals surface area contributed by atoms with E-state index in [1.807, 2.05) is 0 Å². The molecule has 0 aromatic heterocycles. The predicted octanol–water partition coefficient (Wildman–Crippen LogP) is 8.21. The van der Waals surface area contributed by atoms with Crippen LogP contribution in [0.1, 0.15) is 82.6 Å². The number of hydrogen-bond donors (Lipinski definition) is 0. The summed E-state index contributed by atoms with van der Waals surface area (Å²) in [6.45, 7) is 5.87. The van der Waals surface area contributed by atoms with Gasteiger partial charge in [-0.05, 0) is 118 Å². The lowest BCUT2D eigenvalue weighted by molar-refractivity contribution is 0.0742. The molecule has 0 bridgehead atoms. The van der Waals surface area contributed by atoms with Crippen molar-refractivity contribution in [1.29, 1.82) is 0 Å². The number of rotatable bonds is 6. The Kier molecular flexibility index (Phi) is 7.51. The van der Waals surface area contributed by atoms with Crippen molar-refractivity contribution < 1.29 is 13.5 Å². The Bertz CT molecular complexity index is 777. The molecule has 4 rings (SSSR count). The van der Waals surface area contributed by atoms with Gasteiger partial charge in [-0.3, -0.25) is 0 Å². The van der Waals surface area contributed by atoms with E-state index in [4.69, 9.17) is 4.74 Å². The molecule has 3 heteroatoms. The van der Waals surface area contributed by atoms with Gasteiger partial charge in [-0.2, -0.15) is 4.39 Å². The maximum Gasteiger partial charge on any atom is 0.200 e. The van der Waals surface area contributed by atoms with Crippen molar-refractivity contribution in [3.05, 3.63) is 54.1 Å². The Morgan fingerprint density at radius 1 is 0.871 bits per heavy atom. The summed E-state index contributed by atoms with van der Waals surface area (Å²) >= 11 is 0. The monoisotopic (exact) mass is 428 g/mol. The van der Waals surface area contributed by atoms with Gasteiger partial charge in [0.1, 0.15) is 6.61 Å². The summed E-state index contributed by atoms with van der Waals surface area (Å²) in [6, 6.07) is 3.33. The molecule has 0 spiro atoms. The molecule has 0 heterocycles. The van der Waals surface area contributed by atoms with Gasteiger partial charge >= 0.3 is 0 Å². The van der Waals surface area contributed by atoms with Crippen molar-refractivity contribution >= 4 is 0 Å². The molecule has 4 atom stereocenters. The number of fused-ring (bicyclic) bond motifs is 1.